The number of nitrogens with one attached hydrogen (secondary N) is 1. The van der Waals surface area contributed by atoms with E-state index in [4.69, 9.17) is 0 Å². The third kappa shape index (κ3) is 4.06. The van der Waals surface area contributed by atoms with Crippen LogP contribution in [0.15, 0.2) is 35.7 Å². The number of rotatable bonds is 4. The fraction of sp³-hybridized carbons (Fsp3) is 0.375. The molecule has 130 valence electrons. The van der Waals surface area contributed by atoms with E-state index in [0.717, 1.165) is 36.2 Å². The first-order valence-corrected chi connectivity index (χ1v) is 8.35. The van der Waals surface area contributed by atoms with Gasteiger partial charge in [-0.05, 0) is 29.6 Å². The summed E-state index contributed by atoms with van der Waals surface area (Å²) >= 11 is 1.46. The molecule has 2 heterocycles. The fourth-order valence-electron chi connectivity index (χ4n) is 2.85. The van der Waals surface area contributed by atoms with Gasteiger partial charge in [-0.3, -0.25) is 4.90 Å². The Kier molecular flexibility index (Phi) is 5.07. The maximum atomic E-state index is 14.4. The average Bonchev–Trinajstić information content (AvgIpc) is 3.04. The number of hydrogen-bond donors (Lipinski definition) is 1. The SMILES string of the molecule is Fc1ccc(OC(F)(F)F)cc1[C@@H](c1cccs1)N1CCNCC1. The number of benzene rings is 1. The first-order chi connectivity index (χ1) is 11.4. The molecule has 24 heavy (non-hydrogen) atoms. The Morgan fingerprint density at radius 1 is 1.17 bits per heavy atom. The van der Waals surface area contributed by atoms with Crippen LogP contribution < -0.4 is 10.1 Å². The molecule has 0 radical (unpaired) electrons. The molecule has 0 saturated carbocycles. The van der Waals surface area contributed by atoms with Crippen molar-refractivity contribution < 1.29 is 22.3 Å². The van der Waals surface area contributed by atoms with Gasteiger partial charge in [-0.2, -0.15) is 0 Å². The highest BCUT2D eigenvalue weighted by atomic mass is 32.1. The number of piperazine rings is 1. The van der Waals surface area contributed by atoms with Crippen molar-refractivity contribution in [2.24, 2.45) is 0 Å². The van der Waals surface area contributed by atoms with Gasteiger partial charge in [0.15, 0.2) is 0 Å². The molecule has 3 rings (SSSR count). The minimum absolute atomic E-state index is 0.195. The molecule has 1 N–H and O–H groups in total. The smallest absolute Gasteiger partial charge is 0.406 e. The van der Waals surface area contributed by atoms with E-state index < -0.39 is 24.0 Å². The minimum Gasteiger partial charge on any atom is -0.406 e. The van der Waals surface area contributed by atoms with Gasteiger partial charge in [0.05, 0.1) is 6.04 Å². The number of alkyl halides is 3. The average molecular weight is 360 g/mol. The quantitative estimate of drug-likeness (QED) is 0.840. The summed E-state index contributed by atoms with van der Waals surface area (Å²) in [5.41, 5.74) is 0.195. The molecule has 0 amide bonds. The molecule has 2 aromatic rings. The molecule has 0 aliphatic carbocycles. The summed E-state index contributed by atoms with van der Waals surface area (Å²) in [5, 5.41) is 5.09. The monoisotopic (exact) mass is 360 g/mol. The van der Waals surface area contributed by atoms with E-state index >= 15 is 0 Å². The van der Waals surface area contributed by atoms with Crippen LogP contribution in [0.3, 0.4) is 0 Å². The first-order valence-electron chi connectivity index (χ1n) is 7.47. The summed E-state index contributed by atoms with van der Waals surface area (Å²) in [6, 6.07) is 6.46. The lowest BCUT2D eigenvalue weighted by molar-refractivity contribution is -0.274. The Hall–Kier alpha value is -1.64. The van der Waals surface area contributed by atoms with Crippen LogP contribution in [0.4, 0.5) is 17.6 Å². The number of nitrogens with zero attached hydrogens (tertiary/aromatic N) is 1. The Morgan fingerprint density at radius 3 is 2.54 bits per heavy atom. The molecule has 8 heteroatoms. The second-order valence-electron chi connectivity index (χ2n) is 5.44. The van der Waals surface area contributed by atoms with E-state index in [0.29, 0.717) is 13.1 Å². The Morgan fingerprint density at radius 2 is 1.92 bits per heavy atom. The van der Waals surface area contributed by atoms with Gasteiger partial charge in [-0.1, -0.05) is 6.07 Å². The zero-order chi connectivity index (χ0) is 17.2. The summed E-state index contributed by atoms with van der Waals surface area (Å²) in [4.78, 5) is 2.96. The van der Waals surface area contributed by atoms with Gasteiger partial charge in [0.25, 0.3) is 0 Å². The number of thiophene rings is 1. The second kappa shape index (κ2) is 7.08. The van der Waals surface area contributed by atoms with Crippen LogP contribution in [-0.2, 0) is 0 Å². The summed E-state index contributed by atoms with van der Waals surface area (Å²) in [6.45, 7) is 2.88. The second-order valence-corrected chi connectivity index (χ2v) is 6.41. The molecular formula is C16H16F4N2OS. The molecule has 0 spiro atoms. The number of halogens is 4. The summed E-state index contributed by atoms with van der Waals surface area (Å²) < 4.78 is 55.8. The van der Waals surface area contributed by atoms with Crippen molar-refractivity contribution >= 4 is 11.3 Å². The van der Waals surface area contributed by atoms with E-state index in [1.807, 2.05) is 17.5 Å². The van der Waals surface area contributed by atoms with E-state index in [-0.39, 0.29) is 5.56 Å². The maximum Gasteiger partial charge on any atom is 0.573 e. The van der Waals surface area contributed by atoms with Crippen LogP contribution >= 0.6 is 11.3 Å². The molecule has 1 aromatic heterocycles. The molecule has 1 aromatic carbocycles. The van der Waals surface area contributed by atoms with Crippen molar-refractivity contribution in [3.63, 3.8) is 0 Å². The maximum absolute atomic E-state index is 14.4. The van der Waals surface area contributed by atoms with Gasteiger partial charge in [0.2, 0.25) is 0 Å². The Labute approximate surface area is 140 Å². The van der Waals surface area contributed by atoms with E-state index in [1.54, 1.807) is 0 Å². The normalized spacial score (nSPS) is 17.7. The van der Waals surface area contributed by atoms with Crippen LogP contribution in [0.1, 0.15) is 16.5 Å². The molecular weight excluding hydrogens is 344 g/mol. The fourth-order valence-corrected chi connectivity index (χ4v) is 3.72. The van der Waals surface area contributed by atoms with Crippen molar-refractivity contribution in [2.75, 3.05) is 26.2 Å². The first kappa shape index (κ1) is 17.2. The van der Waals surface area contributed by atoms with Crippen molar-refractivity contribution in [3.05, 3.63) is 52.0 Å². The molecule has 1 atom stereocenters. The van der Waals surface area contributed by atoms with Gasteiger partial charge in [-0.25, -0.2) is 4.39 Å². The summed E-state index contributed by atoms with van der Waals surface area (Å²) in [5.74, 6) is -0.947. The van der Waals surface area contributed by atoms with Gasteiger partial charge in [0.1, 0.15) is 11.6 Å². The predicted molar refractivity (Wildman–Crippen MR) is 83.7 cm³/mol. The lowest BCUT2D eigenvalue weighted by Crippen LogP contribution is -2.45. The van der Waals surface area contributed by atoms with Crippen LogP contribution in [0, 0.1) is 5.82 Å². The lowest BCUT2D eigenvalue weighted by atomic mass is 10.0. The number of ether oxygens (including phenoxy) is 1. The molecule has 3 nitrogen and oxygen atoms in total. The topological polar surface area (TPSA) is 24.5 Å². The summed E-state index contributed by atoms with van der Waals surface area (Å²) in [6.07, 6.45) is -4.80. The highest BCUT2D eigenvalue weighted by Gasteiger charge is 2.33. The largest absolute Gasteiger partial charge is 0.573 e. The Balaban J connectivity index is 1.99. The van der Waals surface area contributed by atoms with E-state index in [1.165, 1.54) is 11.3 Å². The van der Waals surface area contributed by atoms with Crippen molar-refractivity contribution in [3.8, 4) is 5.75 Å². The van der Waals surface area contributed by atoms with Crippen LogP contribution in [0.25, 0.3) is 0 Å². The zero-order valence-corrected chi connectivity index (χ0v) is 13.5. The molecule has 0 unspecified atom stereocenters. The predicted octanol–water partition coefficient (Wildman–Crippen LogP) is 3.78. The van der Waals surface area contributed by atoms with Crippen molar-refractivity contribution in [2.45, 2.75) is 12.4 Å². The van der Waals surface area contributed by atoms with Gasteiger partial charge >= 0.3 is 6.36 Å². The molecule has 0 bridgehead atoms. The van der Waals surface area contributed by atoms with Gasteiger partial charge in [0, 0.05) is 36.6 Å². The van der Waals surface area contributed by atoms with E-state index in [9.17, 15) is 17.6 Å². The zero-order valence-electron chi connectivity index (χ0n) is 12.6. The molecule has 1 saturated heterocycles. The Bertz CT molecular complexity index is 669. The van der Waals surface area contributed by atoms with Crippen molar-refractivity contribution in [1.29, 1.82) is 0 Å². The van der Waals surface area contributed by atoms with Gasteiger partial charge in [-0.15, -0.1) is 24.5 Å². The van der Waals surface area contributed by atoms with Crippen LogP contribution in [-0.4, -0.2) is 37.4 Å². The molecule has 1 aliphatic heterocycles. The third-order valence-corrected chi connectivity index (χ3v) is 4.75. The van der Waals surface area contributed by atoms with E-state index in [2.05, 4.69) is 15.0 Å². The molecule has 1 aliphatic rings. The molecule has 1 fully saturated rings. The van der Waals surface area contributed by atoms with Gasteiger partial charge < -0.3 is 10.1 Å². The highest BCUT2D eigenvalue weighted by Crippen LogP contribution is 2.36. The highest BCUT2D eigenvalue weighted by molar-refractivity contribution is 7.10. The minimum atomic E-state index is -4.80. The standard InChI is InChI=1S/C16H16F4N2OS/c17-13-4-3-11(23-16(18,19)20)10-12(13)15(14-2-1-9-24-14)22-7-5-21-6-8-22/h1-4,9-10,15,21H,5-8H2/t15-/m0/s1. The lowest BCUT2D eigenvalue weighted by Gasteiger charge is -2.35. The number of hydrogen-bond acceptors (Lipinski definition) is 4. The van der Waals surface area contributed by atoms with Crippen LogP contribution in [0.2, 0.25) is 0 Å². The van der Waals surface area contributed by atoms with Crippen LogP contribution in [0.5, 0.6) is 5.75 Å². The third-order valence-electron chi connectivity index (χ3n) is 3.83. The van der Waals surface area contributed by atoms with Crippen molar-refractivity contribution in [1.82, 2.24) is 10.2 Å². The summed E-state index contributed by atoms with van der Waals surface area (Å²) in [7, 11) is 0.